The van der Waals surface area contributed by atoms with E-state index in [1.807, 2.05) is 49.4 Å². The molecule has 246 valence electrons. The quantitative estimate of drug-likeness (QED) is 0.288. The van der Waals surface area contributed by atoms with E-state index in [0.717, 1.165) is 5.56 Å². The lowest BCUT2D eigenvalue weighted by Gasteiger charge is -2.44. The molecule has 1 unspecified atom stereocenters. The number of aliphatic hydroxyl groups is 2. The van der Waals surface area contributed by atoms with Gasteiger partial charge in [0.15, 0.2) is 5.78 Å². The Kier molecular flexibility index (Phi) is 11.9. The summed E-state index contributed by atoms with van der Waals surface area (Å²) in [5.41, 5.74) is 1.10. The first-order valence-corrected chi connectivity index (χ1v) is 16.5. The third-order valence-electron chi connectivity index (χ3n) is 9.99. The van der Waals surface area contributed by atoms with Crippen LogP contribution >= 0.6 is 0 Å². The van der Waals surface area contributed by atoms with E-state index in [2.05, 4.69) is 0 Å². The Morgan fingerprint density at radius 1 is 1.00 bits per heavy atom. The normalized spacial score (nSPS) is 36.1. The SMILES string of the molecule is CC[C@H](Cc1ccccc1)[C@@H]1/C=C/C/C=C/C(=O)[C@@H](C)[C@H](O)[C@@H](C)C2CC[C@@H](C)[C@@](O)(O2)C(=O)C(=O)N2CCCC[C@H]2C(=O)O1. The van der Waals surface area contributed by atoms with Gasteiger partial charge < -0.3 is 24.6 Å². The summed E-state index contributed by atoms with van der Waals surface area (Å²) in [6.07, 6.45) is 8.62. The number of ether oxygens (including phenoxy) is 2. The van der Waals surface area contributed by atoms with E-state index in [1.54, 1.807) is 26.8 Å². The summed E-state index contributed by atoms with van der Waals surface area (Å²) in [6, 6.07) is 8.96. The van der Waals surface area contributed by atoms with Crippen molar-refractivity contribution in [3.05, 3.63) is 60.2 Å². The molecule has 1 aromatic rings. The lowest BCUT2D eigenvalue weighted by Crippen LogP contribution is -2.61. The zero-order valence-electron chi connectivity index (χ0n) is 27.0. The van der Waals surface area contributed by atoms with Gasteiger partial charge in [0, 0.05) is 30.2 Å². The molecule has 0 aliphatic carbocycles. The van der Waals surface area contributed by atoms with Gasteiger partial charge in [0.25, 0.3) is 11.7 Å². The van der Waals surface area contributed by atoms with E-state index in [9.17, 15) is 29.4 Å². The van der Waals surface area contributed by atoms with Crippen LogP contribution in [0.3, 0.4) is 0 Å². The van der Waals surface area contributed by atoms with Crippen LogP contribution < -0.4 is 0 Å². The third-order valence-corrected chi connectivity index (χ3v) is 9.99. The number of allylic oxidation sites excluding steroid dienone is 3. The molecule has 0 radical (unpaired) electrons. The van der Waals surface area contributed by atoms with E-state index in [-0.39, 0.29) is 18.2 Å². The number of Topliss-reactive ketones (excluding diaryl/α,β-unsaturated/α-hetero) is 1. The Hall–Kier alpha value is -3.14. The molecule has 2 N–H and O–H groups in total. The molecule has 2 fully saturated rings. The Balaban J connectivity index is 1.69. The summed E-state index contributed by atoms with van der Waals surface area (Å²) >= 11 is 0. The number of cyclic esters (lactones) is 1. The predicted molar refractivity (Wildman–Crippen MR) is 169 cm³/mol. The van der Waals surface area contributed by atoms with E-state index in [4.69, 9.17) is 9.47 Å². The molecule has 0 spiro atoms. The van der Waals surface area contributed by atoms with Crippen molar-refractivity contribution in [2.75, 3.05) is 6.54 Å². The van der Waals surface area contributed by atoms with Gasteiger partial charge in [0.2, 0.25) is 5.79 Å². The number of fused-ring (bicyclic) bond motifs is 3. The fraction of sp³-hybridized carbons (Fsp3) is 0.611. The Bertz CT molecular complexity index is 1260. The summed E-state index contributed by atoms with van der Waals surface area (Å²) < 4.78 is 12.1. The number of carbonyl (C=O) groups excluding carboxylic acids is 4. The molecule has 9 heteroatoms. The summed E-state index contributed by atoms with van der Waals surface area (Å²) in [5.74, 6) is -7.50. The third kappa shape index (κ3) is 7.99. The lowest BCUT2D eigenvalue weighted by atomic mass is 9.80. The molecular formula is C36H49NO8. The smallest absolute Gasteiger partial charge is 0.329 e. The van der Waals surface area contributed by atoms with Crippen molar-refractivity contribution in [2.45, 2.75) is 109 Å². The monoisotopic (exact) mass is 623 g/mol. The molecule has 3 aliphatic rings. The van der Waals surface area contributed by atoms with Crippen molar-refractivity contribution in [3.63, 3.8) is 0 Å². The van der Waals surface area contributed by atoms with Crippen molar-refractivity contribution in [3.8, 4) is 0 Å². The standard InChI is InChI=1S/C36H49NO8/c1-5-27(22-26-14-8-6-9-15-26)31-18-11-7-10-17-29(38)24(3)32(39)25(4)30-20-19-23(2)36(43,45-30)33(40)34(41)37-21-13-12-16-28(37)35(42)44-31/h6,8-11,14-15,17-18,23-25,27-28,30-32,39,43H,5,7,12-13,16,19-22H2,1-4H3/b17-10+,18-11+/t23-,24-,25+,27-,28+,30?,31+,32+,36-/m1/s1. The topological polar surface area (TPSA) is 130 Å². The van der Waals surface area contributed by atoms with E-state index >= 15 is 0 Å². The van der Waals surface area contributed by atoms with Crippen molar-refractivity contribution in [1.29, 1.82) is 0 Å². The first kappa shape index (κ1) is 34.7. The summed E-state index contributed by atoms with van der Waals surface area (Å²) in [4.78, 5) is 55.5. The maximum absolute atomic E-state index is 13.8. The highest BCUT2D eigenvalue weighted by Gasteiger charge is 2.54. The number of amides is 1. The van der Waals surface area contributed by atoms with Crippen LogP contribution in [-0.4, -0.2) is 75.2 Å². The lowest BCUT2D eigenvalue weighted by molar-refractivity contribution is -0.274. The van der Waals surface area contributed by atoms with Gasteiger partial charge in [-0.25, -0.2) is 4.79 Å². The second kappa shape index (κ2) is 15.4. The van der Waals surface area contributed by atoms with Gasteiger partial charge in [0.1, 0.15) is 12.1 Å². The van der Waals surface area contributed by atoms with Gasteiger partial charge in [-0.05, 0) is 69.1 Å². The first-order chi connectivity index (χ1) is 21.5. The predicted octanol–water partition coefficient (Wildman–Crippen LogP) is 4.34. The largest absolute Gasteiger partial charge is 0.456 e. The highest BCUT2D eigenvalue weighted by Crippen LogP contribution is 2.38. The molecule has 3 aliphatic heterocycles. The number of carbonyl (C=O) groups is 4. The van der Waals surface area contributed by atoms with Gasteiger partial charge in [-0.15, -0.1) is 0 Å². The highest BCUT2D eigenvalue weighted by molar-refractivity contribution is 6.39. The van der Waals surface area contributed by atoms with Crippen molar-refractivity contribution >= 4 is 23.4 Å². The van der Waals surface area contributed by atoms with Crippen LogP contribution in [0.4, 0.5) is 0 Å². The summed E-state index contributed by atoms with van der Waals surface area (Å²) in [7, 11) is 0. The van der Waals surface area contributed by atoms with E-state index in [0.29, 0.717) is 51.4 Å². The molecule has 2 saturated heterocycles. The summed E-state index contributed by atoms with van der Waals surface area (Å²) in [6.45, 7) is 7.21. The van der Waals surface area contributed by atoms with E-state index in [1.165, 1.54) is 11.0 Å². The number of rotatable bonds is 4. The Morgan fingerprint density at radius 3 is 2.44 bits per heavy atom. The molecule has 1 amide bonds. The summed E-state index contributed by atoms with van der Waals surface area (Å²) in [5, 5.41) is 22.7. The van der Waals surface area contributed by atoms with Crippen LogP contribution in [0.25, 0.3) is 0 Å². The zero-order chi connectivity index (χ0) is 32.7. The van der Waals surface area contributed by atoms with Crippen LogP contribution in [0.5, 0.6) is 0 Å². The van der Waals surface area contributed by atoms with Gasteiger partial charge in [-0.3, -0.25) is 14.4 Å². The molecule has 4 rings (SSSR count). The maximum atomic E-state index is 13.8. The Labute approximate surface area is 266 Å². The molecule has 45 heavy (non-hydrogen) atoms. The van der Waals surface area contributed by atoms with Gasteiger partial charge in [-0.2, -0.15) is 0 Å². The number of piperidine rings is 1. The van der Waals surface area contributed by atoms with Crippen LogP contribution in [0.1, 0.15) is 78.2 Å². The van der Waals surface area contributed by atoms with Crippen molar-refractivity contribution < 1.29 is 38.9 Å². The Morgan fingerprint density at radius 2 is 1.73 bits per heavy atom. The minimum Gasteiger partial charge on any atom is -0.456 e. The average Bonchev–Trinajstić information content (AvgIpc) is 3.05. The number of benzene rings is 1. The zero-order valence-corrected chi connectivity index (χ0v) is 27.0. The van der Waals surface area contributed by atoms with Gasteiger partial charge in [-0.1, -0.05) is 70.2 Å². The highest BCUT2D eigenvalue weighted by atomic mass is 16.6. The fourth-order valence-corrected chi connectivity index (χ4v) is 6.75. The van der Waals surface area contributed by atoms with Gasteiger partial charge in [0.05, 0.1) is 12.2 Å². The number of ketones is 2. The minimum absolute atomic E-state index is 0.0625. The molecule has 2 bridgehead atoms. The molecule has 1 aromatic carbocycles. The second-order valence-electron chi connectivity index (χ2n) is 13.0. The molecule has 9 nitrogen and oxygen atoms in total. The van der Waals surface area contributed by atoms with Crippen LogP contribution in [0.15, 0.2) is 54.6 Å². The van der Waals surface area contributed by atoms with Gasteiger partial charge >= 0.3 is 5.97 Å². The fourth-order valence-electron chi connectivity index (χ4n) is 6.75. The first-order valence-electron chi connectivity index (χ1n) is 16.5. The maximum Gasteiger partial charge on any atom is 0.329 e. The molecule has 9 atom stereocenters. The number of hydrogen-bond acceptors (Lipinski definition) is 8. The average molecular weight is 624 g/mol. The molecular weight excluding hydrogens is 574 g/mol. The van der Waals surface area contributed by atoms with Crippen molar-refractivity contribution in [1.82, 2.24) is 4.90 Å². The van der Waals surface area contributed by atoms with E-state index < -0.39 is 65.6 Å². The van der Waals surface area contributed by atoms with Crippen LogP contribution in [0, 0.1) is 23.7 Å². The van der Waals surface area contributed by atoms with Crippen LogP contribution in [0.2, 0.25) is 0 Å². The number of esters is 1. The molecule has 3 heterocycles. The minimum atomic E-state index is -2.43. The van der Waals surface area contributed by atoms with Crippen molar-refractivity contribution in [2.24, 2.45) is 23.7 Å². The number of aliphatic hydroxyl groups excluding tert-OH is 1. The molecule has 0 aromatic heterocycles. The number of nitrogens with zero attached hydrogens (tertiary/aromatic N) is 1. The molecule has 0 saturated carbocycles. The number of hydrogen-bond donors (Lipinski definition) is 2. The van der Waals surface area contributed by atoms with Crippen LogP contribution in [-0.2, 0) is 35.1 Å². The second-order valence-corrected chi connectivity index (χ2v) is 13.0.